The Hall–Kier alpha value is -1.67. The molecular weight excluding hydrogens is 475 g/mol. The predicted molar refractivity (Wildman–Crippen MR) is 132 cm³/mol. The fraction of sp³-hybridized carbons (Fsp3) is 0.273. The van der Waals surface area contributed by atoms with Crippen LogP contribution in [0.1, 0.15) is 5.56 Å². The highest BCUT2D eigenvalue weighted by molar-refractivity contribution is 7.80. The molecule has 1 unspecified atom stereocenters. The second-order valence-electron chi connectivity index (χ2n) is 7.53. The second kappa shape index (κ2) is 9.45. The average Bonchev–Trinajstić information content (AvgIpc) is 2.72. The number of pyridine rings is 1. The molecule has 1 aliphatic rings. The molecule has 1 aliphatic heterocycles. The summed E-state index contributed by atoms with van der Waals surface area (Å²) in [7, 11) is 0. The molecule has 0 saturated carbocycles. The minimum absolute atomic E-state index is 0.317. The molecule has 5 nitrogen and oxygen atoms in total. The number of aromatic nitrogens is 1. The van der Waals surface area contributed by atoms with Gasteiger partial charge in [0, 0.05) is 11.6 Å². The first kappa shape index (κ1) is 22.5. The molecule has 1 atom stereocenters. The first-order chi connectivity index (χ1) is 14.8. The van der Waals surface area contributed by atoms with Gasteiger partial charge in [-0.2, -0.15) is 0 Å². The number of alkyl halides is 3. The molecule has 0 aliphatic carbocycles. The van der Waals surface area contributed by atoms with Crippen molar-refractivity contribution in [1.29, 1.82) is 0 Å². The Morgan fingerprint density at radius 1 is 1.06 bits per heavy atom. The maximum absolute atomic E-state index is 6.30. The van der Waals surface area contributed by atoms with E-state index in [9.17, 15) is 0 Å². The van der Waals surface area contributed by atoms with E-state index in [0.717, 1.165) is 23.0 Å². The molecule has 3 aromatic rings. The quantitative estimate of drug-likeness (QED) is 0.259. The fourth-order valence-electron chi connectivity index (χ4n) is 3.57. The summed E-state index contributed by atoms with van der Waals surface area (Å²) in [5, 5.41) is 11.0. The zero-order valence-corrected chi connectivity index (χ0v) is 19.5. The van der Waals surface area contributed by atoms with Crippen molar-refractivity contribution >= 4 is 68.7 Å². The zero-order chi connectivity index (χ0) is 21.9. The van der Waals surface area contributed by atoms with E-state index in [1.165, 1.54) is 5.56 Å². The molecule has 0 bridgehead atoms. The second-order valence-corrected chi connectivity index (χ2v) is 10.3. The Labute approximate surface area is 201 Å². The van der Waals surface area contributed by atoms with E-state index >= 15 is 0 Å². The molecule has 1 saturated heterocycles. The summed E-state index contributed by atoms with van der Waals surface area (Å²) in [6.45, 7) is 1.02. The summed E-state index contributed by atoms with van der Waals surface area (Å²) >= 11 is 24.4. The van der Waals surface area contributed by atoms with Gasteiger partial charge < -0.3 is 15.4 Å². The van der Waals surface area contributed by atoms with Crippen molar-refractivity contribution in [2.45, 2.75) is 21.9 Å². The van der Waals surface area contributed by atoms with Crippen LogP contribution in [0.5, 0.6) is 0 Å². The van der Waals surface area contributed by atoms with Gasteiger partial charge in [0.1, 0.15) is 6.17 Å². The fourth-order valence-corrected chi connectivity index (χ4v) is 4.13. The Bertz CT molecular complexity index is 1050. The molecular formula is C22H21Cl3N4OS. The van der Waals surface area contributed by atoms with E-state index in [2.05, 4.69) is 33.1 Å². The van der Waals surface area contributed by atoms with E-state index in [1.54, 1.807) is 6.20 Å². The Morgan fingerprint density at radius 3 is 2.48 bits per heavy atom. The minimum atomic E-state index is -1.65. The van der Waals surface area contributed by atoms with Crippen LogP contribution in [0.2, 0.25) is 0 Å². The van der Waals surface area contributed by atoms with Crippen molar-refractivity contribution < 1.29 is 4.74 Å². The largest absolute Gasteiger partial charge is 0.377 e. The first-order valence-corrected chi connectivity index (χ1v) is 11.3. The number of benzene rings is 2. The summed E-state index contributed by atoms with van der Waals surface area (Å²) in [6, 6.07) is 19.8. The number of hydrogen-bond acceptors (Lipinski definition) is 4. The number of thiocarbonyl (C=S) groups is 1. The summed E-state index contributed by atoms with van der Waals surface area (Å²) in [4.78, 5) is 4.43. The molecule has 0 radical (unpaired) electrons. The molecule has 1 aromatic heterocycles. The lowest BCUT2D eigenvalue weighted by molar-refractivity contribution is -0.0798. The number of rotatable bonds is 6. The van der Waals surface area contributed by atoms with Gasteiger partial charge in [-0.15, -0.1) is 0 Å². The Kier molecular flexibility index (Phi) is 6.86. The van der Waals surface area contributed by atoms with Crippen molar-refractivity contribution in [3.8, 4) is 0 Å². The maximum Gasteiger partial charge on any atom is 0.223 e. The van der Waals surface area contributed by atoms with Gasteiger partial charge in [0.15, 0.2) is 5.11 Å². The molecule has 9 heteroatoms. The zero-order valence-electron chi connectivity index (χ0n) is 16.4. The number of nitrogens with zero attached hydrogens (tertiary/aromatic N) is 1. The van der Waals surface area contributed by atoms with Gasteiger partial charge in [-0.3, -0.25) is 10.3 Å². The van der Waals surface area contributed by atoms with Crippen molar-refractivity contribution in [3.05, 3.63) is 72.4 Å². The molecule has 1 fully saturated rings. The molecule has 4 rings (SSSR count). The molecule has 3 N–H and O–H groups in total. The van der Waals surface area contributed by atoms with Crippen molar-refractivity contribution in [3.63, 3.8) is 0 Å². The summed E-state index contributed by atoms with van der Waals surface area (Å²) in [5.74, 6) is 0. The average molecular weight is 496 g/mol. The van der Waals surface area contributed by atoms with Crippen molar-refractivity contribution in [2.24, 2.45) is 0 Å². The maximum atomic E-state index is 6.30. The van der Waals surface area contributed by atoms with Crippen LogP contribution in [0, 0.1) is 0 Å². The van der Waals surface area contributed by atoms with E-state index in [4.69, 9.17) is 51.8 Å². The normalized spacial score (nSPS) is 16.4. The first-order valence-electron chi connectivity index (χ1n) is 9.72. The monoisotopic (exact) mass is 494 g/mol. The van der Waals surface area contributed by atoms with E-state index in [1.807, 2.05) is 48.5 Å². The van der Waals surface area contributed by atoms with Crippen molar-refractivity contribution in [2.75, 3.05) is 18.5 Å². The predicted octanol–water partition coefficient (Wildman–Crippen LogP) is 4.82. The lowest BCUT2D eigenvalue weighted by atomic mass is 9.88. The van der Waals surface area contributed by atoms with Gasteiger partial charge >= 0.3 is 0 Å². The van der Waals surface area contributed by atoms with Gasteiger partial charge in [-0.1, -0.05) is 83.3 Å². The third-order valence-electron chi connectivity index (χ3n) is 5.08. The molecule has 31 heavy (non-hydrogen) atoms. The standard InChI is InChI=1S/C22H21Cl3N4OS/c23-22(24,25)19(29-21(13-30-14-21)12-15-6-2-1-3-7-15)28-20(31)27-17-10-4-8-16-9-5-11-26-18(16)17/h1-11,19,29H,12-14H2,(H2,27,28,31). The molecule has 2 aromatic carbocycles. The van der Waals surface area contributed by atoms with Crippen LogP contribution >= 0.6 is 47.0 Å². The highest BCUT2D eigenvalue weighted by Crippen LogP contribution is 2.33. The number of anilines is 1. The highest BCUT2D eigenvalue weighted by Gasteiger charge is 2.45. The third kappa shape index (κ3) is 5.58. The highest BCUT2D eigenvalue weighted by atomic mass is 35.6. The van der Waals surface area contributed by atoms with Gasteiger partial charge in [0.05, 0.1) is 30.0 Å². The van der Waals surface area contributed by atoms with Crippen LogP contribution < -0.4 is 16.0 Å². The SMILES string of the molecule is S=C(Nc1cccc2cccnc12)NC(NC1(Cc2ccccc2)COC1)C(Cl)(Cl)Cl. The van der Waals surface area contributed by atoms with Gasteiger partial charge in [-0.05, 0) is 36.3 Å². The summed E-state index contributed by atoms with van der Waals surface area (Å²) in [5.41, 5.74) is 2.38. The van der Waals surface area contributed by atoms with Crippen LogP contribution in [0.3, 0.4) is 0 Å². The van der Waals surface area contributed by atoms with Gasteiger partial charge in [0.2, 0.25) is 3.79 Å². The number of ether oxygens (including phenoxy) is 1. The number of para-hydroxylation sites is 1. The number of hydrogen-bond donors (Lipinski definition) is 3. The topological polar surface area (TPSA) is 58.2 Å². The van der Waals surface area contributed by atoms with Crippen molar-refractivity contribution in [1.82, 2.24) is 15.6 Å². The molecule has 0 amide bonds. The minimum Gasteiger partial charge on any atom is -0.377 e. The lowest BCUT2D eigenvalue weighted by Gasteiger charge is -2.46. The smallest absolute Gasteiger partial charge is 0.223 e. The Morgan fingerprint density at radius 2 is 1.81 bits per heavy atom. The number of halogens is 3. The Balaban J connectivity index is 1.48. The van der Waals surface area contributed by atoms with Gasteiger partial charge in [-0.25, -0.2) is 0 Å². The van der Waals surface area contributed by atoms with Crippen LogP contribution in [0.25, 0.3) is 10.9 Å². The lowest BCUT2D eigenvalue weighted by Crippen LogP contribution is -2.70. The molecule has 2 heterocycles. The van der Waals surface area contributed by atoms with Crippen LogP contribution in [-0.4, -0.2) is 38.8 Å². The van der Waals surface area contributed by atoms with Gasteiger partial charge in [0.25, 0.3) is 0 Å². The van der Waals surface area contributed by atoms with E-state index in [0.29, 0.717) is 18.3 Å². The third-order valence-corrected chi connectivity index (χ3v) is 5.95. The van der Waals surface area contributed by atoms with E-state index < -0.39 is 9.96 Å². The summed E-state index contributed by atoms with van der Waals surface area (Å²) in [6.07, 6.45) is 1.73. The summed E-state index contributed by atoms with van der Waals surface area (Å²) < 4.78 is 3.85. The van der Waals surface area contributed by atoms with E-state index in [-0.39, 0.29) is 5.54 Å². The molecule has 162 valence electrons. The van der Waals surface area contributed by atoms with Crippen LogP contribution in [0.15, 0.2) is 66.9 Å². The number of fused-ring (bicyclic) bond motifs is 1. The van der Waals surface area contributed by atoms with Crippen LogP contribution in [-0.2, 0) is 11.2 Å². The number of nitrogens with one attached hydrogen (secondary N) is 3. The van der Waals surface area contributed by atoms with Crippen LogP contribution in [0.4, 0.5) is 5.69 Å². The molecule has 0 spiro atoms.